The minimum atomic E-state index is -0.660. The number of nitrogens with one attached hydrogen (secondary N) is 2. The van der Waals surface area contributed by atoms with Crippen LogP contribution >= 0.6 is 23.2 Å². The molecular formula is C40H43Cl2N5O5. The van der Waals surface area contributed by atoms with E-state index in [0.717, 1.165) is 23.1 Å². The number of rotatable bonds is 13. The number of hydrogen-bond acceptors (Lipinski definition) is 6. The van der Waals surface area contributed by atoms with Gasteiger partial charge < -0.3 is 19.9 Å². The summed E-state index contributed by atoms with van der Waals surface area (Å²) in [6.45, 7) is 12.9. The van der Waals surface area contributed by atoms with Gasteiger partial charge in [-0.25, -0.2) is 9.67 Å². The molecule has 0 saturated heterocycles. The van der Waals surface area contributed by atoms with Crippen molar-refractivity contribution in [3.05, 3.63) is 122 Å². The van der Waals surface area contributed by atoms with Crippen molar-refractivity contribution in [1.82, 2.24) is 9.78 Å². The fourth-order valence-corrected chi connectivity index (χ4v) is 6.18. The second-order valence-corrected chi connectivity index (χ2v) is 14.5. The molecule has 0 aliphatic heterocycles. The van der Waals surface area contributed by atoms with Crippen molar-refractivity contribution in [2.45, 2.75) is 65.2 Å². The van der Waals surface area contributed by atoms with Gasteiger partial charge in [0.05, 0.1) is 17.2 Å². The van der Waals surface area contributed by atoms with Gasteiger partial charge in [-0.3, -0.25) is 14.7 Å². The zero-order valence-electron chi connectivity index (χ0n) is 30.3. The number of benzene rings is 3. The first kappa shape index (κ1) is 38.2. The number of hydrogen-bond donors (Lipinski definition) is 2. The number of aromatic amines is 1. The van der Waals surface area contributed by atoms with E-state index in [9.17, 15) is 14.7 Å². The van der Waals surface area contributed by atoms with E-state index >= 15 is 0 Å². The minimum absolute atomic E-state index is 0.00240. The lowest BCUT2D eigenvalue weighted by molar-refractivity contribution is -0.595. The Morgan fingerprint density at radius 2 is 1.62 bits per heavy atom. The molecule has 1 amide bonds. The van der Waals surface area contributed by atoms with Crippen LogP contribution in [-0.4, -0.2) is 35.3 Å². The lowest BCUT2D eigenvalue weighted by Crippen LogP contribution is -2.36. The van der Waals surface area contributed by atoms with E-state index in [1.54, 1.807) is 48.8 Å². The lowest BCUT2D eigenvalue weighted by Gasteiger charge is -2.30. The van der Waals surface area contributed by atoms with Crippen LogP contribution in [0.4, 0.5) is 11.5 Å². The fourth-order valence-electron chi connectivity index (χ4n) is 5.54. The lowest BCUT2D eigenvalue weighted by atomic mass is 9.76. The predicted octanol–water partition coefficient (Wildman–Crippen LogP) is 7.59. The van der Waals surface area contributed by atoms with Gasteiger partial charge in [-0.05, 0) is 58.9 Å². The molecule has 0 bridgehead atoms. The molecule has 0 aliphatic carbocycles. The van der Waals surface area contributed by atoms with Crippen LogP contribution in [-0.2, 0) is 15.6 Å². The number of anilines is 1. The van der Waals surface area contributed by atoms with Gasteiger partial charge in [0.1, 0.15) is 17.2 Å². The number of H-pyrrole nitrogens is 1. The van der Waals surface area contributed by atoms with E-state index < -0.39 is 17.4 Å². The Balaban J connectivity index is 1.41. The third-order valence-electron chi connectivity index (χ3n) is 9.49. The molecule has 3 aromatic carbocycles. The predicted molar refractivity (Wildman–Crippen MR) is 204 cm³/mol. The molecule has 2 heterocycles. The number of ether oxygens (including phenoxy) is 2. The van der Waals surface area contributed by atoms with Crippen molar-refractivity contribution in [3.63, 3.8) is 0 Å². The van der Waals surface area contributed by atoms with E-state index in [4.69, 9.17) is 32.7 Å². The van der Waals surface area contributed by atoms with Crippen molar-refractivity contribution < 1.29 is 23.9 Å². The summed E-state index contributed by atoms with van der Waals surface area (Å²) in [4.78, 5) is 31.2. The van der Waals surface area contributed by atoms with Crippen LogP contribution in [0.15, 0.2) is 95.0 Å². The highest BCUT2D eigenvalue weighted by Gasteiger charge is 2.28. The number of pyridine rings is 1. The number of aromatic nitrogens is 3. The summed E-state index contributed by atoms with van der Waals surface area (Å²) in [5.41, 5.74) is 2.35. The summed E-state index contributed by atoms with van der Waals surface area (Å²) >= 11 is 13.0. The topological polar surface area (TPSA) is 125 Å². The number of carbonyl (C=O) groups is 1. The molecular weight excluding hydrogens is 701 g/mol. The first-order valence-corrected chi connectivity index (χ1v) is 17.7. The Labute approximate surface area is 313 Å². The number of amides is 1. The van der Waals surface area contributed by atoms with Crippen molar-refractivity contribution in [2.75, 3.05) is 19.0 Å². The average Bonchev–Trinajstić information content (AvgIpc) is 3.44. The zero-order valence-corrected chi connectivity index (χ0v) is 31.9. The highest BCUT2D eigenvalue weighted by molar-refractivity contribution is 6.38. The molecule has 0 unspecified atom stereocenters. The summed E-state index contributed by atoms with van der Waals surface area (Å²) in [5.74, 6) is -0.0177. The Kier molecular flexibility index (Phi) is 11.5. The molecule has 5 aromatic rings. The first-order valence-electron chi connectivity index (χ1n) is 17.0. The normalized spacial score (nSPS) is 12.1. The van der Waals surface area contributed by atoms with Gasteiger partial charge in [-0.1, -0.05) is 95.1 Å². The van der Waals surface area contributed by atoms with Gasteiger partial charge >= 0.3 is 11.2 Å². The maximum atomic E-state index is 13.8. The van der Waals surface area contributed by atoms with Crippen LogP contribution < -0.4 is 30.0 Å². The number of methoxy groups -OCH3 is 1. The van der Waals surface area contributed by atoms with Crippen LogP contribution in [0, 0.1) is 0 Å². The third kappa shape index (κ3) is 8.19. The van der Waals surface area contributed by atoms with E-state index in [2.05, 4.69) is 69.1 Å². The van der Waals surface area contributed by atoms with Gasteiger partial charge in [-0.15, -0.1) is 0 Å². The van der Waals surface area contributed by atoms with Crippen LogP contribution in [0.25, 0.3) is 11.4 Å². The van der Waals surface area contributed by atoms with Crippen molar-refractivity contribution >= 4 is 46.5 Å². The quantitative estimate of drug-likeness (QED) is 0.0731. The SMILES string of the molecule is CCC(C)(C)c1ccc(OCC(=O)Nc2cccc(C([O-])=Nc3[nH]n(-c4c(Cl)cc(OC)cc4Cl)c(=O)c3-[n+]3ccccc3)c2)c(C(C)(C)CC)c1. The monoisotopic (exact) mass is 743 g/mol. The molecule has 52 heavy (non-hydrogen) atoms. The summed E-state index contributed by atoms with van der Waals surface area (Å²) in [5, 5.41) is 19.6. The smallest absolute Gasteiger partial charge is 0.346 e. The molecule has 0 aliphatic rings. The largest absolute Gasteiger partial charge is 0.858 e. The average molecular weight is 745 g/mol. The van der Waals surface area contributed by atoms with Gasteiger partial charge in [0.25, 0.3) is 5.91 Å². The van der Waals surface area contributed by atoms with Gasteiger partial charge in [0.2, 0.25) is 5.82 Å². The Morgan fingerprint density at radius 3 is 2.25 bits per heavy atom. The summed E-state index contributed by atoms with van der Waals surface area (Å²) < 4.78 is 14.0. The summed E-state index contributed by atoms with van der Waals surface area (Å²) in [6.07, 6.45) is 5.19. The van der Waals surface area contributed by atoms with E-state index in [-0.39, 0.29) is 50.2 Å². The van der Waals surface area contributed by atoms with Crippen molar-refractivity contribution in [3.8, 4) is 22.9 Å². The standard InChI is InChI=1S/C40H43Cl2N5O5/c1-8-39(3,4)26-16-17-32(29(21-26)40(5,6)9-2)52-24-33(48)43-27-15-13-14-25(20-27)37(49)44-36-35(46-18-11-10-12-19-46)38(50)47(45-36)34-30(41)22-28(51-7)23-31(34)42/h10-23H,8-9,24H2,1-7H3,(H2-,43,44,45,48,49,50). The Bertz CT molecular complexity index is 2150. The number of carbonyl (C=O) groups excluding carboxylic acids is 1. The Morgan fingerprint density at radius 1 is 0.942 bits per heavy atom. The van der Waals surface area contributed by atoms with Gasteiger partial charge in [-0.2, -0.15) is 4.57 Å². The molecule has 5 rings (SSSR count). The van der Waals surface area contributed by atoms with Crippen LogP contribution in [0.3, 0.4) is 0 Å². The first-order chi connectivity index (χ1) is 24.7. The number of halogens is 2. The molecule has 0 saturated carbocycles. The van der Waals surface area contributed by atoms with E-state index in [1.165, 1.54) is 35.4 Å². The molecule has 0 fully saturated rings. The van der Waals surface area contributed by atoms with Crippen LogP contribution in [0.5, 0.6) is 11.5 Å². The van der Waals surface area contributed by atoms with Crippen LogP contribution in [0.1, 0.15) is 71.1 Å². The number of aliphatic imine (C=N–C) groups is 1. The maximum Gasteiger partial charge on any atom is 0.346 e. The van der Waals surface area contributed by atoms with Crippen LogP contribution in [0.2, 0.25) is 10.0 Å². The van der Waals surface area contributed by atoms with Gasteiger partial charge in [0.15, 0.2) is 19.0 Å². The van der Waals surface area contributed by atoms with Crippen molar-refractivity contribution in [2.24, 2.45) is 4.99 Å². The summed E-state index contributed by atoms with van der Waals surface area (Å²) in [6, 6.07) is 20.9. The highest BCUT2D eigenvalue weighted by Crippen LogP contribution is 2.38. The van der Waals surface area contributed by atoms with E-state index in [0.29, 0.717) is 17.2 Å². The Hall–Kier alpha value is -5.06. The highest BCUT2D eigenvalue weighted by atomic mass is 35.5. The van der Waals surface area contributed by atoms with Crippen molar-refractivity contribution in [1.29, 1.82) is 0 Å². The molecule has 0 spiro atoms. The minimum Gasteiger partial charge on any atom is -0.858 e. The fraction of sp³-hybridized carbons (Fsp3) is 0.300. The second kappa shape index (κ2) is 15.7. The van der Waals surface area contributed by atoms with Gasteiger partial charge in [0, 0.05) is 35.5 Å². The number of nitrogens with zero attached hydrogens (tertiary/aromatic N) is 3. The second-order valence-electron chi connectivity index (χ2n) is 13.7. The van der Waals surface area contributed by atoms with E-state index in [1.807, 2.05) is 6.07 Å². The molecule has 0 radical (unpaired) electrons. The molecule has 272 valence electrons. The zero-order chi connectivity index (χ0) is 37.8. The molecule has 2 aromatic heterocycles. The third-order valence-corrected chi connectivity index (χ3v) is 10.1. The maximum absolute atomic E-state index is 13.8. The molecule has 2 N–H and O–H groups in total. The molecule has 10 nitrogen and oxygen atoms in total. The molecule has 0 atom stereocenters. The molecule has 12 heteroatoms. The summed E-state index contributed by atoms with van der Waals surface area (Å²) in [7, 11) is 1.47.